The van der Waals surface area contributed by atoms with Crippen LogP contribution in [0.1, 0.15) is 35.9 Å². The summed E-state index contributed by atoms with van der Waals surface area (Å²) in [6.45, 7) is 3.63. The zero-order valence-electron chi connectivity index (χ0n) is 13.6. The Hall–Kier alpha value is -2.93. The molecule has 1 heterocycles. The van der Waals surface area contributed by atoms with Gasteiger partial charge in [0.15, 0.2) is 23.7 Å². The molecule has 132 valence electrons. The number of carbonyl (C=O) groups is 1. The number of Topliss-reactive ketones (excluding diaryl/α,β-unsaturated/α-hetero) is 1. The van der Waals surface area contributed by atoms with Crippen molar-refractivity contribution < 1.29 is 34.7 Å². The molecule has 4 N–H and O–H groups in total. The normalized spacial score (nSPS) is 19.4. The molecule has 2 aromatic rings. The van der Waals surface area contributed by atoms with Crippen molar-refractivity contribution in [3.8, 4) is 28.7 Å². The van der Waals surface area contributed by atoms with Gasteiger partial charge in [-0.25, -0.2) is 0 Å². The van der Waals surface area contributed by atoms with E-state index in [0.717, 1.165) is 0 Å². The van der Waals surface area contributed by atoms with Crippen LogP contribution >= 0.6 is 0 Å². The summed E-state index contributed by atoms with van der Waals surface area (Å²) in [5, 5.41) is 39.4. The molecule has 2 unspecified atom stereocenters. The number of rotatable bonds is 3. The number of benzene rings is 2. The molecule has 25 heavy (non-hydrogen) atoms. The van der Waals surface area contributed by atoms with E-state index in [4.69, 9.17) is 9.47 Å². The van der Waals surface area contributed by atoms with Crippen LogP contribution in [0.4, 0.5) is 0 Å². The Labute approximate surface area is 143 Å². The molecule has 0 radical (unpaired) electrons. The lowest BCUT2D eigenvalue weighted by atomic mass is 9.92. The van der Waals surface area contributed by atoms with Gasteiger partial charge in [0.2, 0.25) is 5.78 Å². The van der Waals surface area contributed by atoms with E-state index in [1.54, 1.807) is 0 Å². The Bertz CT molecular complexity index is 828. The fourth-order valence-electron chi connectivity index (χ4n) is 2.71. The number of aromatic hydroxyl groups is 3. The minimum absolute atomic E-state index is 0.0727. The van der Waals surface area contributed by atoms with Crippen molar-refractivity contribution in [3.05, 3.63) is 41.5 Å². The summed E-state index contributed by atoms with van der Waals surface area (Å²) in [5.41, 5.74) is 0.180. The van der Waals surface area contributed by atoms with Crippen LogP contribution in [-0.2, 0) is 0 Å². The highest BCUT2D eigenvalue weighted by molar-refractivity contribution is 6.05. The van der Waals surface area contributed by atoms with Gasteiger partial charge < -0.3 is 29.9 Å². The molecule has 0 fully saturated rings. The highest BCUT2D eigenvalue weighted by Gasteiger charge is 2.39. The van der Waals surface area contributed by atoms with Crippen molar-refractivity contribution in [1.29, 1.82) is 0 Å². The van der Waals surface area contributed by atoms with E-state index >= 15 is 0 Å². The molecule has 2 atom stereocenters. The quantitative estimate of drug-likeness (QED) is 0.630. The average Bonchev–Trinajstić information content (AvgIpc) is 2.52. The fourth-order valence-corrected chi connectivity index (χ4v) is 2.71. The number of ether oxygens (including phenoxy) is 2. The highest BCUT2D eigenvalue weighted by atomic mass is 16.5. The Balaban J connectivity index is 2.03. The van der Waals surface area contributed by atoms with Crippen molar-refractivity contribution in [3.63, 3.8) is 0 Å². The number of phenolic OH excluding ortho intramolecular Hbond substituents is 3. The summed E-state index contributed by atoms with van der Waals surface area (Å²) in [4.78, 5) is 12.5. The van der Waals surface area contributed by atoms with Crippen LogP contribution in [0.2, 0.25) is 0 Å². The Kier molecular flexibility index (Phi) is 4.18. The van der Waals surface area contributed by atoms with Crippen LogP contribution in [-0.4, -0.2) is 38.4 Å². The monoisotopic (exact) mass is 346 g/mol. The molecular weight excluding hydrogens is 328 g/mol. The Morgan fingerprint density at radius 3 is 2.40 bits per heavy atom. The molecule has 0 aromatic heterocycles. The molecule has 0 amide bonds. The Morgan fingerprint density at radius 2 is 1.76 bits per heavy atom. The second-order valence-electron chi connectivity index (χ2n) is 6.08. The van der Waals surface area contributed by atoms with Gasteiger partial charge in [0, 0.05) is 12.1 Å². The van der Waals surface area contributed by atoms with Gasteiger partial charge in [-0.05, 0) is 31.5 Å². The lowest BCUT2D eigenvalue weighted by Crippen LogP contribution is -2.36. The summed E-state index contributed by atoms with van der Waals surface area (Å²) in [6, 6.07) is 6.62. The lowest BCUT2D eigenvalue weighted by Gasteiger charge is -2.30. The summed E-state index contributed by atoms with van der Waals surface area (Å²) in [5.74, 6) is -1.37. The predicted octanol–water partition coefficient (Wildman–Crippen LogP) is 2.27. The third-order valence-electron chi connectivity index (χ3n) is 3.81. The molecule has 0 bridgehead atoms. The number of phenols is 3. The molecule has 1 aliphatic rings. The number of hydrogen-bond donors (Lipinski definition) is 4. The molecule has 0 spiro atoms. The molecule has 0 saturated heterocycles. The van der Waals surface area contributed by atoms with Gasteiger partial charge in [-0.2, -0.15) is 0 Å². The van der Waals surface area contributed by atoms with Crippen LogP contribution in [0, 0.1) is 0 Å². The second-order valence-corrected chi connectivity index (χ2v) is 6.08. The van der Waals surface area contributed by atoms with Crippen LogP contribution in [0.5, 0.6) is 28.7 Å². The number of aliphatic hydroxyl groups is 1. The third kappa shape index (κ3) is 3.06. The fraction of sp³-hybridized carbons (Fsp3) is 0.278. The number of ketones is 1. The molecule has 0 aliphatic carbocycles. The van der Waals surface area contributed by atoms with Gasteiger partial charge in [0.05, 0.1) is 6.10 Å². The Morgan fingerprint density at radius 1 is 1.04 bits per heavy atom. The van der Waals surface area contributed by atoms with Crippen molar-refractivity contribution in [2.24, 2.45) is 0 Å². The lowest BCUT2D eigenvalue weighted by molar-refractivity contribution is 0.0209. The van der Waals surface area contributed by atoms with Crippen molar-refractivity contribution in [1.82, 2.24) is 0 Å². The summed E-state index contributed by atoms with van der Waals surface area (Å²) in [6.07, 6.45) is -2.81. The largest absolute Gasteiger partial charge is 0.507 e. The molecule has 7 nitrogen and oxygen atoms in total. The minimum atomic E-state index is -1.57. The standard InChI is InChI=1S/C18H18O7/c1-8(2)24-10-6-13(21)15-14(7-10)25-18(17(23)16(15)22)9-3-4-11(19)12(20)5-9/h3-8,17-21,23H,1-2H3. The van der Waals surface area contributed by atoms with Crippen molar-refractivity contribution in [2.75, 3.05) is 0 Å². The van der Waals surface area contributed by atoms with E-state index in [0.29, 0.717) is 11.3 Å². The first-order valence-corrected chi connectivity index (χ1v) is 7.72. The second kappa shape index (κ2) is 6.18. The van der Waals surface area contributed by atoms with E-state index in [1.165, 1.54) is 30.3 Å². The highest BCUT2D eigenvalue weighted by Crippen LogP contribution is 2.43. The first kappa shape index (κ1) is 16.9. The third-order valence-corrected chi connectivity index (χ3v) is 3.81. The van der Waals surface area contributed by atoms with Crippen molar-refractivity contribution >= 4 is 5.78 Å². The van der Waals surface area contributed by atoms with Crippen LogP contribution in [0.25, 0.3) is 0 Å². The van der Waals surface area contributed by atoms with E-state index in [1.807, 2.05) is 13.8 Å². The van der Waals surface area contributed by atoms with Gasteiger partial charge in [-0.1, -0.05) is 6.07 Å². The van der Waals surface area contributed by atoms with E-state index in [2.05, 4.69) is 0 Å². The topological polar surface area (TPSA) is 116 Å². The van der Waals surface area contributed by atoms with Crippen LogP contribution in [0.15, 0.2) is 30.3 Å². The maximum Gasteiger partial charge on any atom is 0.202 e. The molecule has 0 saturated carbocycles. The summed E-state index contributed by atoms with van der Waals surface area (Å²) < 4.78 is 11.2. The molecular formula is C18H18O7. The van der Waals surface area contributed by atoms with E-state index in [-0.39, 0.29) is 28.9 Å². The SMILES string of the molecule is CC(C)Oc1cc(O)c2c(c1)OC(c1ccc(O)c(O)c1)C(O)C2=O. The first-order chi connectivity index (χ1) is 11.8. The molecule has 7 heteroatoms. The average molecular weight is 346 g/mol. The number of aliphatic hydroxyl groups excluding tert-OH is 1. The minimum Gasteiger partial charge on any atom is -0.507 e. The zero-order valence-corrected chi connectivity index (χ0v) is 13.6. The van der Waals surface area contributed by atoms with Crippen LogP contribution < -0.4 is 9.47 Å². The van der Waals surface area contributed by atoms with E-state index in [9.17, 15) is 25.2 Å². The van der Waals surface area contributed by atoms with Gasteiger partial charge in [-0.15, -0.1) is 0 Å². The smallest absolute Gasteiger partial charge is 0.202 e. The van der Waals surface area contributed by atoms with Gasteiger partial charge in [0.1, 0.15) is 22.8 Å². The number of fused-ring (bicyclic) bond motifs is 1. The van der Waals surface area contributed by atoms with E-state index < -0.39 is 23.7 Å². The van der Waals surface area contributed by atoms with Gasteiger partial charge in [-0.3, -0.25) is 4.79 Å². The zero-order chi connectivity index (χ0) is 18.3. The maximum absolute atomic E-state index is 12.5. The number of hydrogen-bond acceptors (Lipinski definition) is 7. The van der Waals surface area contributed by atoms with Crippen molar-refractivity contribution in [2.45, 2.75) is 32.2 Å². The molecule has 1 aliphatic heterocycles. The first-order valence-electron chi connectivity index (χ1n) is 7.72. The van der Waals surface area contributed by atoms with Gasteiger partial charge >= 0.3 is 0 Å². The predicted molar refractivity (Wildman–Crippen MR) is 87.3 cm³/mol. The maximum atomic E-state index is 12.5. The van der Waals surface area contributed by atoms with Crippen LogP contribution in [0.3, 0.4) is 0 Å². The molecule has 3 rings (SSSR count). The summed E-state index contributed by atoms with van der Waals surface area (Å²) in [7, 11) is 0. The van der Waals surface area contributed by atoms with Gasteiger partial charge in [0.25, 0.3) is 0 Å². The summed E-state index contributed by atoms with van der Waals surface area (Å²) >= 11 is 0. The number of carbonyl (C=O) groups excluding carboxylic acids is 1. The molecule has 2 aromatic carbocycles.